The molecule has 0 aliphatic carbocycles. The maximum absolute atomic E-state index is 12.0. The van der Waals surface area contributed by atoms with Gasteiger partial charge in [-0.15, -0.1) is 11.6 Å². The number of hydrogen-bond donors (Lipinski definition) is 1. The van der Waals surface area contributed by atoms with Crippen LogP contribution in [0.3, 0.4) is 0 Å². The van der Waals surface area contributed by atoms with Crippen LogP contribution in [0.4, 0.5) is 0 Å². The lowest BCUT2D eigenvalue weighted by Gasteiger charge is -2.21. The van der Waals surface area contributed by atoms with Gasteiger partial charge in [0.25, 0.3) is 5.91 Å². The van der Waals surface area contributed by atoms with E-state index in [4.69, 9.17) is 11.6 Å². The van der Waals surface area contributed by atoms with Gasteiger partial charge in [-0.05, 0) is 25.3 Å². The van der Waals surface area contributed by atoms with E-state index in [1.54, 1.807) is 13.0 Å². The van der Waals surface area contributed by atoms with Crippen molar-refractivity contribution in [2.75, 3.05) is 12.4 Å². The molecule has 0 aromatic carbocycles. The Kier molecular flexibility index (Phi) is 4.46. The Bertz CT molecular complexity index is 418. The molecule has 0 unspecified atom stereocenters. The highest BCUT2D eigenvalue weighted by Crippen LogP contribution is 2.15. The average molecular weight is 256 g/mol. The van der Waals surface area contributed by atoms with Crippen molar-refractivity contribution in [2.24, 2.45) is 5.41 Å². The predicted molar refractivity (Wildman–Crippen MR) is 68.3 cm³/mol. The Morgan fingerprint density at radius 2 is 2.06 bits per heavy atom. The SMILES string of the molecule is Cc1cc(C(=O)NCC(C)(C)CCl)c(C)nn1. The zero-order chi connectivity index (χ0) is 13.1. The van der Waals surface area contributed by atoms with Gasteiger partial charge in [-0.25, -0.2) is 0 Å². The third-order valence-corrected chi connectivity index (χ3v) is 3.16. The van der Waals surface area contributed by atoms with Crippen molar-refractivity contribution in [1.82, 2.24) is 15.5 Å². The Morgan fingerprint density at radius 1 is 1.41 bits per heavy atom. The largest absolute Gasteiger partial charge is 0.351 e. The lowest BCUT2D eigenvalue weighted by Crippen LogP contribution is -2.35. The molecule has 1 aromatic rings. The van der Waals surface area contributed by atoms with Crippen molar-refractivity contribution < 1.29 is 4.79 Å². The number of hydrogen-bond acceptors (Lipinski definition) is 3. The van der Waals surface area contributed by atoms with Gasteiger partial charge in [0.05, 0.1) is 17.0 Å². The second kappa shape index (κ2) is 5.45. The minimum atomic E-state index is -0.126. The van der Waals surface area contributed by atoms with Gasteiger partial charge >= 0.3 is 0 Å². The monoisotopic (exact) mass is 255 g/mol. The van der Waals surface area contributed by atoms with Gasteiger partial charge in [0.1, 0.15) is 0 Å². The highest BCUT2D eigenvalue weighted by molar-refractivity contribution is 6.18. The van der Waals surface area contributed by atoms with Crippen LogP contribution in [0.15, 0.2) is 6.07 Å². The minimum absolute atomic E-state index is 0.110. The molecule has 0 atom stereocenters. The lowest BCUT2D eigenvalue weighted by molar-refractivity contribution is 0.0938. The molecule has 0 aliphatic heterocycles. The van der Waals surface area contributed by atoms with E-state index in [2.05, 4.69) is 15.5 Å². The van der Waals surface area contributed by atoms with Crippen molar-refractivity contribution in [1.29, 1.82) is 0 Å². The Hall–Kier alpha value is -1.16. The summed E-state index contributed by atoms with van der Waals surface area (Å²) in [5.41, 5.74) is 1.83. The standard InChI is InChI=1S/C12H18ClN3O/c1-8-5-10(9(2)16-15-8)11(17)14-7-12(3,4)6-13/h5H,6-7H2,1-4H3,(H,14,17). The van der Waals surface area contributed by atoms with Crippen LogP contribution in [0.5, 0.6) is 0 Å². The summed E-state index contributed by atoms with van der Waals surface area (Å²) in [6.07, 6.45) is 0. The number of carbonyl (C=O) groups is 1. The predicted octanol–water partition coefficient (Wildman–Crippen LogP) is 2.09. The molecule has 1 N–H and O–H groups in total. The number of alkyl halides is 1. The minimum Gasteiger partial charge on any atom is -0.351 e. The fourth-order valence-corrected chi connectivity index (χ4v) is 1.34. The second-order valence-electron chi connectivity index (χ2n) is 4.97. The van der Waals surface area contributed by atoms with Gasteiger partial charge in [0.2, 0.25) is 0 Å². The molecular weight excluding hydrogens is 238 g/mol. The number of nitrogens with one attached hydrogen (secondary N) is 1. The fraction of sp³-hybridized carbons (Fsp3) is 0.583. The Morgan fingerprint density at radius 3 is 2.65 bits per heavy atom. The van der Waals surface area contributed by atoms with Gasteiger partial charge < -0.3 is 5.32 Å². The number of amides is 1. The maximum atomic E-state index is 12.0. The molecule has 1 amide bonds. The third-order valence-electron chi connectivity index (χ3n) is 2.43. The molecule has 17 heavy (non-hydrogen) atoms. The smallest absolute Gasteiger partial charge is 0.253 e. The molecule has 94 valence electrons. The lowest BCUT2D eigenvalue weighted by atomic mass is 9.96. The summed E-state index contributed by atoms with van der Waals surface area (Å²) in [5.74, 6) is 0.374. The summed E-state index contributed by atoms with van der Waals surface area (Å²) in [6, 6.07) is 1.74. The molecular formula is C12H18ClN3O. The van der Waals surface area contributed by atoms with Crippen LogP contribution >= 0.6 is 11.6 Å². The summed E-state index contributed by atoms with van der Waals surface area (Å²) in [4.78, 5) is 12.0. The molecule has 0 bridgehead atoms. The van der Waals surface area contributed by atoms with Crippen LogP contribution < -0.4 is 5.32 Å². The van der Waals surface area contributed by atoms with E-state index in [9.17, 15) is 4.79 Å². The molecule has 0 spiro atoms. The van der Waals surface area contributed by atoms with E-state index < -0.39 is 0 Å². The Balaban J connectivity index is 2.74. The fourth-order valence-electron chi connectivity index (χ4n) is 1.24. The molecule has 4 nitrogen and oxygen atoms in total. The first-order valence-corrected chi connectivity index (χ1v) is 6.04. The Labute approximate surface area is 107 Å². The van der Waals surface area contributed by atoms with Crippen molar-refractivity contribution >= 4 is 17.5 Å². The van der Waals surface area contributed by atoms with E-state index in [1.807, 2.05) is 20.8 Å². The molecule has 5 heteroatoms. The first-order chi connectivity index (χ1) is 7.85. The molecule has 0 fully saturated rings. The van der Waals surface area contributed by atoms with Gasteiger partial charge in [0.15, 0.2) is 0 Å². The topological polar surface area (TPSA) is 54.9 Å². The van der Waals surface area contributed by atoms with Gasteiger partial charge in [0, 0.05) is 12.4 Å². The summed E-state index contributed by atoms with van der Waals surface area (Å²) < 4.78 is 0. The molecule has 0 saturated heterocycles. The highest BCUT2D eigenvalue weighted by Gasteiger charge is 2.19. The first kappa shape index (κ1) is 13.9. The first-order valence-electron chi connectivity index (χ1n) is 5.51. The molecule has 0 aliphatic rings. The van der Waals surface area contributed by atoms with Gasteiger partial charge in [-0.2, -0.15) is 10.2 Å². The number of halogens is 1. The third kappa shape index (κ3) is 3.97. The summed E-state index contributed by atoms with van der Waals surface area (Å²) >= 11 is 5.81. The summed E-state index contributed by atoms with van der Waals surface area (Å²) in [7, 11) is 0. The number of carbonyl (C=O) groups excluding carboxylic acids is 1. The number of nitrogens with zero attached hydrogens (tertiary/aromatic N) is 2. The normalized spacial score (nSPS) is 11.4. The molecule has 1 rings (SSSR count). The van der Waals surface area contributed by atoms with Crippen molar-refractivity contribution in [3.63, 3.8) is 0 Å². The average Bonchev–Trinajstić information content (AvgIpc) is 2.29. The summed E-state index contributed by atoms with van der Waals surface area (Å²) in [6.45, 7) is 8.13. The van der Waals surface area contributed by atoms with Crippen molar-refractivity contribution in [3.05, 3.63) is 23.0 Å². The maximum Gasteiger partial charge on any atom is 0.253 e. The highest BCUT2D eigenvalue weighted by atomic mass is 35.5. The summed E-state index contributed by atoms with van der Waals surface area (Å²) in [5, 5.41) is 10.7. The quantitative estimate of drug-likeness (QED) is 0.839. The van der Waals surface area contributed by atoms with Gasteiger partial charge in [-0.1, -0.05) is 13.8 Å². The van der Waals surface area contributed by atoms with Crippen molar-refractivity contribution in [3.8, 4) is 0 Å². The van der Waals surface area contributed by atoms with Crippen LogP contribution in [0.2, 0.25) is 0 Å². The van der Waals surface area contributed by atoms with Crippen LogP contribution in [-0.4, -0.2) is 28.5 Å². The van der Waals surface area contributed by atoms with Gasteiger partial charge in [-0.3, -0.25) is 4.79 Å². The van der Waals surface area contributed by atoms with E-state index >= 15 is 0 Å². The van der Waals surface area contributed by atoms with Crippen LogP contribution in [-0.2, 0) is 0 Å². The van der Waals surface area contributed by atoms with E-state index in [-0.39, 0.29) is 11.3 Å². The zero-order valence-electron chi connectivity index (χ0n) is 10.7. The second-order valence-corrected chi connectivity index (χ2v) is 5.23. The van der Waals surface area contributed by atoms with Crippen LogP contribution in [0.1, 0.15) is 35.6 Å². The number of aromatic nitrogens is 2. The van der Waals surface area contributed by atoms with E-state index in [1.165, 1.54) is 0 Å². The molecule has 0 radical (unpaired) electrons. The zero-order valence-corrected chi connectivity index (χ0v) is 11.4. The molecule has 0 saturated carbocycles. The van der Waals surface area contributed by atoms with Crippen molar-refractivity contribution in [2.45, 2.75) is 27.7 Å². The molecule has 1 heterocycles. The molecule has 1 aromatic heterocycles. The van der Waals surface area contributed by atoms with E-state index in [0.717, 1.165) is 5.69 Å². The van der Waals surface area contributed by atoms with Crippen LogP contribution in [0.25, 0.3) is 0 Å². The van der Waals surface area contributed by atoms with Crippen LogP contribution in [0, 0.1) is 19.3 Å². The van der Waals surface area contributed by atoms with E-state index in [0.29, 0.717) is 23.7 Å². The number of aryl methyl sites for hydroxylation is 2. The number of rotatable bonds is 4.